The van der Waals surface area contributed by atoms with Crippen LogP contribution in [0.5, 0.6) is 0 Å². The number of fused-ring (bicyclic) bond motifs is 1. The molecule has 27 heavy (non-hydrogen) atoms. The first-order chi connectivity index (χ1) is 13.1. The average Bonchev–Trinajstić information content (AvgIpc) is 3.10. The lowest BCUT2D eigenvalue weighted by Gasteiger charge is -2.07. The van der Waals surface area contributed by atoms with Gasteiger partial charge in [-0.25, -0.2) is 4.98 Å². The Kier molecular flexibility index (Phi) is 4.21. The van der Waals surface area contributed by atoms with Crippen molar-refractivity contribution in [1.82, 2.24) is 24.5 Å². The Bertz CT molecular complexity index is 1160. The van der Waals surface area contributed by atoms with E-state index >= 15 is 0 Å². The van der Waals surface area contributed by atoms with Crippen molar-refractivity contribution in [2.24, 2.45) is 0 Å². The highest BCUT2D eigenvalue weighted by Gasteiger charge is 2.14. The maximum Gasteiger partial charge on any atom is 0.284 e. The van der Waals surface area contributed by atoms with Gasteiger partial charge in [0, 0.05) is 5.69 Å². The first kappa shape index (κ1) is 16.6. The zero-order valence-corrected chi connectivity index (χ0v) is 14.5. The summed E-state index contributed by atoms with van der Waals surface area (Å²) in [6.07, 6.45) is 1.34. The van der Waals surface area contributed by atoms with Crippen LogP contribution in [0.4, 0.5) is 5.69 Å². The van der Waals surface area contributed by atoms with E-state index in [2.05, 4.69) is 20.6 Å². The normalized spacial score (nSPS) is 10.9. The van der Waals surface area contributed by atoms with E-state index in [1.807, 2.05) is 49.4 Å². The molecule has 8 nitrogen and oxygen atoms in total. The fourth-order valence-electron chi connectivity index (χ4n) is 2.69. The molecule has 0 saturated carbocycles. The summed E-state index contributed by atoms with van der Waals surface area (Å²) in [4.78, 5) is 29.1. The second kappa shape index (κ2) is 6.83. The minimum atomic E-state index is -0.415. The van der Waals surface area contributed by atoms with Gasteiger partial charge in [0.1, 0.15) is 12.9 Å². The van der Waals surface area contributed by atoms with Crippen LogP contribution in [-0.2, 0) is 11.3 Å². The third-order valence-corrected chi connectivity index (χ3v) is 4.08. The van der Waals surface area contributed by atoms with Gasteiger partial charge < -0.3 is 5.32 Å². The molecule has 0 saturated heterocycles. The third kappa shape index (κ3) is 3.32. The van der Waals surface area contributed by atoms with E-state index in [1.54, 1.807) is 12.1 Å². The number of carbonyl (C=O) groups excluding carboxylic acids is 1. The summed E-state index contributed by atoms with van der Waals surface area (Å²) in [7, 11) is 0. The number of aryl methyl sites for hydroxylation is 1. The number of anilines is 1. The van der Waals surface area contributed by atoms with Crippen molar-refractivity contribution in [2.75, 3.05) is 5.32 Å². The SMILES string of the molecule is Cc1ccc(-n2nnc3c(=O)n(CC(=O)Nc4ccccc4)cnc32)cc1. The van der Waals surface area contributed by atoms with Gasteiger partial charge in [-0.3, -0.25) is 14.2 Å². The van der Waals surface area contributed by atoms with Crippen molar-refractivity contribution >= 4 is 22.8 Å². The van der Waals surface area contributed by atoms with E-state index in [0.29, 0.717) is 11.3 Å². The minimum Gasteiger partial charge on any atom is -0.325 e. The van der Waals surface area contributed by atoms with E-state index < -0.39 is 5.56 Å². The molecule has 4 aromatic rings. The largest absolute Gasteiger partial charge is 0.325 e. The maximum atomic E-state index is 12.6. The van der Waals surface area contributed by atoms with Gasteiger partial charge in [0.2, 0.25) is 5.91 Å². The Morgan fingerprint density at radius 2 is 1.81 bits per heavy atom. The smallest absolute Gasteiger partial charge is 0.284 e. The summed E-state index contributed by atoms with van der Waals surface area (Å²) >= 11 is 0. The molecule has 0 unspecified atom stereocenters. The zero-order valence-electron chi connectivity index (χ0n) is 14.5. The number of aromatic nitrogens is 5. The fraction of sp³-hybridized carbons (Fsp3) is 0.105. The molecular weight excluding hydrogens is 344 g/mol. The average molecular weight is 360 g/mol. The first-order valence-corrected chi connectivity index (χ1v) is 8.34. The number of hydrogen-bond acceptors (Lipinski definition) is 5. The highest BCUT2D eigenvalue weighted by Crippen LogP contribution is 2.12. The summed E-state index contributed by atoms with van der Waals surface area (Å²) in [6.45, 7) is 1.83. The Morgan fingerprint density at radius 1 is 1.07 bits per heavy atom. The third-order valence-electron chi connectivity index (χ3n) is 4.08. The van der Waals surface area contributed by atoms with Gasteiger partial charge in [0.25, 0.3) is 5.56 Å². The van der Waals surface area contributed by atoms with Gasteiger partial charge in [-0.15, -0.1) is 5.10 Å². The molecule has 0 bridgehead atoms. The predicted octanol–water partition coefficient (Wildman–Crippen LogP) is 1.92. The monoisotopic (exact) mass is 360 g/mol. The lowest BCUT2D eigenvalue weighted by Crippen LogP contribution is -2.28. The summed E-state index contributed by atoms with van der Waals surface area (Å²) < 4.78 is 2.72. The number of carbonyl (C=O) groups is 1. The minimum absolute atomic E-state index is 0.116. The van der Waals surface area contributed by atoms with Crippen LogP contribution in [0.3, 0.4) is 0 Å². The van der Waals surface area contributed by atoms with Crippen molar-refractivity contribution in [2.45, 2.75) is 13.5 Å². The Morgan fingerprint density at radius 3 is 2.56 bits per heavy atom. The van der Waals surface area contributed by atoms with Crippen LogP contribution in [0.15, 0.2) is 65.7 Å². The quantitative estimate of drug-likeness (QED) is 0.600. The van der Waals surface area contributed by atoms with Gasteiger partial charge in [0.05, 0.1) is 5.69 Å². The van der Waals surface area contributed by atoms with Gasteiger partial charge in [-0.05, 0) is 31.2 Å². The highest BCUT2D eigenvalue weighted by atomic mass is 16.2. The van der Waals surface area contributed by atoms with Crippen molar-refractivity contribution < 1.29 is 4.79 Å². The van der Waals surface area contributed by atoms with Crippen LogP contribution in [0.1, 0.15) is 5.56 Å². The molecule has 2 aromatic heterocycles. The number of para-hydroxylation sites is 1. The molecule has 0 aliphatic carbocycles. The van der Waals surface area contributed by atoms with Crippen molar-refractivity contribution in [1.29, 1.82) is 0 Å². The predicted molar refractivity (Wildman–Crippen MR) is 101 cm³/mol. The molecule has 0 aliphatic heterocycles. The van der Waals surface area contributed by atoms with Gasteiger partial charge in [0.15, 0.2) is 11.2 Å². The van der Waals surface area contributed by atoms with Crippen molar-refractivity contribution in [3.05, 3.63) is 76.8 Å². The first-order valence-electron chi connectivity index (χ1n) is 8.34. The van der Waals surface area contributed by atoms with Gasteiger partial charge >= 0.3 is 0 Å². The van der Waals surface area contributed by atoms with Crippen LogP contribution < -0.4 is 10.9 Å². The summed E-state index contributed by atoms with van der Waals surface area (Å²) in [5.41, 5.74) is 2.59. The standard InChI is InChI=1S/C19H16N6O2/c1-13-7-9-15(10-8-13)25-18-17(22-23-25)19(27)24(12-20-18)11-16(26)21-14-5-3-2-4-6-14/h2-10,12H,11H2,1H3,(H,21,26). The molecule has 134 valence electrons. The summed E-state index contributed by atoms with van der Waals surface area (Å²) in [5.74, 6) is -0.324. The second-order valence-corrected chi connectivity index (χ2v) is 6.10. The van der Waals surface area contributed by atoms with Crippen LogP contribution >= 0.6 is 0 Å². The number of nitrogens with zero attached hydrogens (tertiary/aromatic N) is 5. The lowest BCUT2D eigenvalue weighted by atomic mass is 10.2. The van der Waals surface area contributed by atoms with E-state index in [-0.39, 0.29) is 18.0 Å². The summed E-state index contributed by atoms with van der Waals surface area (Å²) in [5, 5.41) is 10.7. The lowest BCUT2D eigenvalue weighted by molar-refractivity contribution is -0.116. The Hall–Kier alpha value is -3.81. The number of hydrogen-bond donors (Lipinski definition) is 1. The highest BCUT2D eigenvalue weighted by molar-refractivity contribution is 5.90. The molecule has 1 N–H and O–H groups in total. The number of nitrogens with one attached hydrogen (secondary N) is 1. The number of amides is 1. The Balaban J connectivity index is 1.62. The molecule has 0 atom stereocenters. The van der Waals surface area contributed by atoms with Crippen LogP contribution in [-0.4, -0.2) is 30.5 Å². The number of rotatable bonds is 4. The molecule has 0 aliphatic rings. The molecule has 0 fully saturated rings. The van der Waals surface area contributed by atoms with Crippen LogP contribution in [0.25, 0.3) is 16.9 Å². The summed E-state index contributed by atoms with van der Waals surface area (Å²) in [6, 6.07) is 16.7. The van der Waals surface area contributed by atoms with E-state index in [9.17, 15) is 9.59 Å². The molecule has 2 heterocycles. The van der Waals surface area contributed by atoms with Crippen LogP contribution in [0.2, 0.25) is 0 Å². The van der Waals surface area contributed by atoms with Gasteiger partial charge in [-0.1, -0.05) is 41.1 Å². The molecular formula is C19H16N6O2. The Labute approximate surface area is 154 Å². The molecule has 0 spiro atoms. The van der Waals surface area contributed by atoms with Crippen molar-refractivity contribution in [3.63, 3.8) is 0 Å². The van der Waals surface area contributed by atoms with Crippen LogP contribution in [0, 0.1) is 6.92 Å². The zero-order chi connectivity index (χ0) is 18.8. The molecule has 8 heteroatoms. The van der Waals surface area contributed by atoms with E-state index in [1.165, 1.54) is 15.6 Å². The van der Waals surface area contributed by atoms with E-state index in [4.69, 9.17) is 0 Å². The number of benzene rings is 2. The topological polar surface area (TPSA) is 94.7 Å². The van der Waals surface area contributed by atoms with Gasteiger partial charge in [-0.2, -0.15) is 4.68 Å². The second-order valence-electron chi connectivity index (χ2n) is 6.10. The van der Waals surface area contributed by atoms with Crippen molar-refractivity contribution in [3.8, 4) is 5.69 Å². The van der Waals surface area contributed by atoms with E-state index in [0.717, 1.165) is 11.3 Å². The fourth-order valence-corrected chi connectivity index (χ4v) is 2.69. The molecule has 0 radical (unpaired) electrons. The maximum absolute atomic E-state index is 12.6. The molecule has 1 amide bonds. The molecule has 2 aromatic carbocycles. The molecule has 4 rings (SSSR count).